The topological polar surface area (TPSA) is 29.5 Å². The van der Waals surface area contributed by atoms with Crippen molar-refractivity contribution >= 4 is 15.9 Å². The fourth-order valence-corrected chi connectivity index (χ4v) is 2.66. The van der Waals surface area contributed by atoms with Crippen molar-refractivity contribution in [2.75, 3.05) is 6.61 Å². The van der Waals surface area contributed by atoms with Crippen LogP contribution in [0.3, 0.4) is 0 Å². The molecule has 0 aliphatic carbocycles. The zero-order valence-corrected chi connectivity index (χ0v) is 11.3. The molecule has 1 aliphatic rings. The Morgan fingerprint density at radius 1 is 1.59 bits per heavy atom. The van der Waals surface area contributed by atoms with Crippen molar-refractivity contribution in [2.24, 2.45) is 5.92 Å². The molecule has 0 aromatic heterocycles. The summed E-state index contributed by atoms with van der Waals surface area (Å²) < 4.78 is 19.0. The number of hydrogen-bond donors (Lipinski definition) is 1. The first-order valence-corrected chi connectivity index (χ1v) is 6.61. The van der Waals surface area contributed by atoms with Crippen LogP contribution in [-0.2, 0) is 11.2 Å². The van der Waals surface area contributed by atoms with Crippen LogP contribution in [-0.4, -0.2) is 23.9 Å². The van der Waals surface area contributed by atoms with Gasteiger partial charge in [-0.2, -0.15) is 0 Å². The van der Waals surface area contributed by atoms with Crippen LogP contribution in [0.5, 0.6) is 0 Å². The van der Waals surface area contributed by atoms with Gasteiger partial charge in [0.1, 0.15) is 5.82 Å². The monoisotopic (exact) mass is 302 g/mol. The molecule has 1 aromatic carbocycles. The van der Waals surface area contributed by atoms with Gasteiger partial charge in [-0.15, -0.1) is 0 Å². The number of halogens is 2. The average Bonchev–Trinajstić information content (AvgIpc) is 2.70. The molecule has 1 aromatic rings. The standard InChI is InChI=1S/C13H16BrFO2/c1-8-4-5-17-13(8)12(16)7-9-2-3-11(15)10(14)6-9/h2-3,6,8,12-13,16H,4-5,7H2,1H3. The predicted octanol–water partition coefficient (Wildman–Crippen LogP) is 2.92. The summed E-state index contributed by atoms with van der Waals surface area (Å²) in [7, 11) is 0. The summed E-state index contributed by atoms with van der Waals surface area (Å²) in [5.41, 5.74) is 0.911. The van der Waals surface area contributed by atoms with Crippen molar-refractivity contribution in [3.8, 4) is 0 Å². The Kier molecular flexibility index (Phi) is 4.17. The highest BCUT2D eigenvalue weighted by Gasteiger charge is 2.30. The minimum atomic E-state index is -0.523. The number of aliphatic hydroxyl groups is 1. The van der Waals surface area contributed by atoms with Crippen molar-refractivity contribution in [2.45, 2.75) is 32.0 Å². The van der Waals surface area contributed by atoms with E-state index in [9.17, 15) is 9.50 Å². The number of ether oxygens (including phenoxy) is 1. The molecule has 4 heteroatoms. The van der Waals surface area contributed by atoms with Crippen molar-refractivity contribution in [1.29, 1.82) is 0 Å². The van der Waals surface area contributed by atoms with E-state index in [0.29, 0.717) is 16.8 Å². The van der Waals surface area contributed by atoms with Crippen molar-refractivity contribution in [3.05, 3.63) is 34.1 Å². The predicted molar refractivity (Wildman–Crippen MR) is 67.3 cm³/mol. The van der Waals surface area contributed by atoms with Gasteiger partial charge in [-0.1, -0.05) is 13.0 Å². The van der Waals surface area contributed by atoms with Crippen LogP contribution in [0.2, 0.25) is 0 Å². The molecule has 1 heterocycles. The number of benzene rings is 1. The van der Waals surface area contributed by atoms with Crippen LogP contribution < -0.4 is 0 Å². The van der Waals surface area contributed by atoms with Gasteiger partial charge >= 0.3 is 0 Å². The summed E-state index contributed by atoms with van der Waals surface area (Å²) in [6.45, 7) is 2.80. The van der Waals surface area contributed by atoms with Gasteiger partial charge in [-0.3, -0.25) is 0 Å². The summed E-state index contributed by atoms with van der Waals surface area (Å²) in [6.07, 6.45) is 0.867. The molecule has 0 bridgehead atoms. The lowest BCUT2D eigenvalue weighted by Gasteiger charge is -2.21. The first-order chi connectivity index (χ1) is 8.08. The van der Waals surface area contributed by atoms with Gasteiger partial charge in [0.15, 0.2) is 0 Å². The Bertz CT molecular complexity index is 397. The molecule has 1 saturated heterocycles. The normalized spacial score (nSPS) is 26.1. The SMILES string of the molecule is CC1CCOC1C(O)Cc1ccc(F)c(Br)c1. The maximum atomic E-state index is 13.1. The molecular formula is C13H16BrFO2. The van der Waals surface area contributed by atoms with E-state index in [4.69, 9.17) is 4.74 Å². The third kappa shape index (κ3) is 3.06. The molecule has 0 spiro atoms. The third-order valence-electron chi connectivity index (χ3n) is 3.25. The Labute approximate surface area is 109 Å². The average molecular weight is 303 g/mol. The summed E-state index contributed by atoms with van der Waals surface area (Å²) in [5.74, 6) is 0.0996. The minimum absolute atomic E-state index is 0.0983. The van der Waals surface area contributed by atoms with E-state index in [1.54, 1.807) is 12.1 Å². The lowest BCUT2D eigenvalue weighted by molar-refractivity contribution is -0.0157. The molecule has 0 saturated carbocycles. The maximum absolute atomic E-state index is 13.1. The van der Waals surface area contributed by atoms with E-state index in [-0.39, 0.29) is 11.9 Å². The quantitative estimate of drug-likeness (QED) is 0.930. The van der Waals surface area contributed by atoms with Gasteiger partial charge in [0.2, 0.25) is 0 Å². The van der Waals surface area contributed by atoms with E-state index in [2.05, 4.69) is 22.9 Å². The lowest BCUT2D eigenvalue weighted by Crippen LogP contribution is -2.31. The zero-order valence-electron chi connectivity index (χ0n) is 9.70. The van der Waals surface area contributed by atoms with E-state index >= 15 is 0 Å². The van der Waals surface area contributed by atoms with Crippen LogP contribution in [0.25, 0.3) is 0 Å². The van der Waals surface area contributed by atoms with Gasteiger partial charge in [0.25, 0.3) is 0 Å². The van der Waals surface area contributed by atoms with Crippen LogP contribution in [0.1, 0.15) is 18.9 Å². The molecule has 17 heavy (non-hydrogen) atoms. The van der Waals surface area contributed by atoms with E-state index in [0.717, 1.165) is 18.6 Å². The van der Waals surface area contributed by atoms with E-state index in [1.165, 1.54) is 6.07 Å². The lowest BCUT2D eigenvalue weighted by atomic mass is 9.95. The van der Waals surface area contributed by atoms with Crippen LogP contribution in [0.4, 0.5) is 4.39 Å². The Balaban J connectivity index is 2.02. The van der Waals surface area contributed by atoms with Gasteiger partial charge in [-0.25, -0.2) is 4.39 Å². The van der Waals surface area contributed by atoms with Crippen molar-refractivity contribution in [3.63, 3.8) is 0 Å². The van der Waals surface area contributed by atoms with E-state index in [1.807, 2.05) is 0 Å². The molecule has 1 aliphatic heterocycles. The summed E-state index contributed by atoms with van der Waals surface area (Å²) in [6, 6.07) is 4.81. The highest BCUT2D eigenvalue weighted by atomic mass is 79.9. The second-order valence-electron chi connectivity index (χ2n) is 4.62. The highest BCUT2D eigenvalue weighted by molar-refractivity contribution is 9.10. The second kappa shape index (κ2) is 5.46. The molecule has 94 valence electrons. The van der Waals surface area contributed by atoms with Gasteiger partial charge in [0, 0.05) is 13.0 Å². The summed E-state index contributed by atoms with van der Waals surface area (Å²) in [5, 5.41) is 10.1. The Morgan fingerprint density at radius 2 is 2.35 bits per heavy atom. The van der Waals surface area contributed by atoms with E-state index < -0.39 is 6.10 Å². The van der Waals surface area contributed by atoms with Crippen molar-refractivity contribution in [1.82, 2.24) is 0 Å². The number of rotatable bonds is 3. The third-order valence-corrected chi connectivity index (χ3v) is 3.86. The molecule has 2 nitrogen and oxygen atoms in total. The molecule has 1 N–H and O–H groups in total. The minimum Gasteiger partial charge on any atom is -0.390 e. The fourth-order valence-electron chi connectivity index (χ4n) is 2.23. The summed E-state index contributed by atoms with van der Waals surface area (Å²) >= 11 is 3.14. The molecule has 3 unspecified atom stereocenters. The van der Waals surface area contributed by atoms with Gasteiger partial charge < -0.3 is 9.84 Å². The maximum Gasteiger partial charge on any atom is 0.137 e. The zero-order chi connectivity index (χ0) is 12.4. The van der Waals surface area contributed by atoms with Crippen LogP contribution in [0, 0.1) is 11.7 Å². The summed E-state index contributed by atoms with van der Waals surface area (Å²) in [4.78, 5) is 0. The van der Waals surface area contributed by atoms with Crippen LogP contribution >= 0.6 is 15.9 Å². The van der Waals surface area contributed by atoms with Gasteiger partial charge in [0.05, 0.1) is 16.7 Å². The first-order valence-electron chi connectivity index (χ1n) is 5.81. The Hall–Kier alpha value is -0.450. The van der Waals surface area contributed by atoms with Crippen molar-refractivity contribution < 1.29 is 14.2 Å². The molecule has 0 amide bonds. The highest BCUT2D eigenvalue weighted by Crippen LogP contribution is 2.25. The van der Waals surface area contributed by atoms with Crippen LogP contribution in [0.15, 0.2) is 22.7 Å². The smallest absolute Gasteiger partial charge is 0.137 e. The molecule has 0 radical (unpaired) electrons. The first kappa shape index (κ1) is 13.0. The van der Waals surface area contributed by atoms with Gasteiger partial charge in [-0.05, 0) is 46.0 Å². The Morgan fingerprint density at radius 3 is 2.94 bits per heavy atom. The number of hydrogen-bond acceptors (Lipinski definition) is 2. The second-order valence-corrected chi connectivity index (χ2v) is 5.48. The largest absolute Gasteiger partial charge is 0.390 e. The fraction of sp³-hybridized carbons (Fsp3) is 0.538. The molecule has 3 atom stereocenters. The number of aliphatic hydroxyl groups excluding tert-OH is 1. The molecular weight excluding hydrogens is 287 g/mol. The molecule has 2 rings (SSSR count). The molecule has 1 fully saturated rings.